The van der Waals surface area contributed by atoms with Gasteiger partial charge in [-0.3, -0.25) is 4.39 Å². The molecule has 1 aromatic rings. The number of halogens is 2. The number of rotatable bonds is 2. The van der Waals surface area contributed by atoms with E-state index in [-0.39, 0.29) is 12.6 Å². The first-order valence-electron chi connectivity index (χ1n) is 3.97. The van der Waals surface area contributed by atoms with Crippen LogP contribution in [0.1, 0.15) is 24.0 Å². The van der Waals surface area contributed by atoms with E-state index in [2.05, 4.69) is 0 Å². The Balaban J connectivity index is 2.96. The molecule has 66 valence electrons. The van der Waals surface area contributed by atoms with Crippen molar-refractivity contribution in [1.82, 2.24) is 0 Å². The van der Waals surface area contributed by atoms with Gasteiger partial charge < -0.3 is 0 Å². The van der Waals surface area contributed by atoms with Gasteiger partial charge in [-0.05, 0) is 24.1 Å². The highest BCUT2D eigenvalue weighted by Gasteiger charge is 2.05. The summed E-state index contributed by atoms with van der Waals surface area (Å²) in [6, 6.07) is 5.68. The Morgan fingerprint density at radius 3 is 2.67 bits per heavy atom. The Morgan fingerprint density at radius 1 is 1.50 bits per heavy atom. The molecule has 2 heteroatoms. The molecule has 0 N–H and O–H groups in total. The summed E-state index contributed by atoms with van der Waals surface area (Å²) in [5.74, 6) is -0.0527. The summed E-state index contributed by atoms with van der Waals surface area (Å²) in [4.78, 5) is 0. The Bertz CT molecular complexity index is 271. The van der Waals surface area contributed by atoms with Gasteiger partial charge in [0.1, 0.15) is 0 Å². The number of aryl methyl sites for hydroxylation is 1. The average molecular weight is 187 g/mol. The van der Waals surface area contributed by atoms with Crippen LogP contribution in [0.2, 0.25) is 5.02 Å². The Hall–Kier alpha value is -0.560. The minimum absolute atomic E-state index is 0.0527. The van der Waals surface area contributed by atoms with E-state index in [9.17, 15) is 4.39 Å². The highest BCUT2D eigenvalue weighted by molar-refractivity contribution is 6.31. The summed E-state index contributed by atoms with van der Waals surface area (Å²) in [6.45, 7) is 3.45. The van der Waals surface area contributed by atoms with Crippen LogP contribution in [0.5, 0.6) is 0 Å². The van der Waals surface area contributed by atoms with Gasteiger partial charge in [0.05, 0.1) is 6.67 Å². The normalized spacial score (nSPS) is 13.0. The Labute approximate surface area is 77.4 Å². The van der Waals surface area contributed by atoms with Crippen LogP contribution < -0.4 is 0 Å². The van der Waals surface area contributed by atoms with Crippen LogP contribution in [-0.2, 0) is 0 Å². The van der Waals surface area contributed by atoms with E-state index in [1.165, 1.54) is 0 Å². The largest absolute Gasteiger partial charge is 0.250 e. The van der Waals surface area contributed by atoms with Crippen molar-refractivity contribution in [3.63, 3.8) is 0 Å². The molecule has 1 atom stereocenters. The molecule has 0 aromatic heterocycles. The first kappa shape index (κ1) is 9.53. The van der Waals surface area contributed by atoms with Crippen molar-refractivity contribution in [1.29, 1.82) is 0 Å². The zero-order valence-electron chi connectivity index (χ0n) is 7.27. The zero-order chi connectivity index (χ0) is 9.14. The quantitative estimate of drug-likeness (QED) is 0.661. The third-order valence-electron chi connectivity index (χ3n) is 2.00. The smallest absolute Gasteiger partial charge is 0.0960 e. The summed E-state index contributed by atoms with van der Waals surface area (Å²) in [6.07, 6.45) is 0. The van der Waals surface area contributed by atoms with Gasteiger partial charge in [-0.1, -0.05) is 30.7 Å². The molecule has 0 nitrogen and oxygen atoms in total. The van der Waals surface area contributed by atoms with Crippen LogP contribution in [0.15, 0.2) is 18.2 Å². The van der Waals surface area contributed by atoms with Crippen LogP contribution in [0.25, 0.3) is 0 Å². The van der Waals surface area contributed by atoms with E-state index >= 15 is 0 Å². The molecule has 0 aliphatic rings. The van der Waals surface area contributed by atoms with Crippen molar-refractivity contribution >= 4 is 11.6 Å². The number of hydrogen-bond donors (Lipinski definition) is 0. The number of alkyl halides is 1. The lowest BCUT2D eigenvalue weighted by atomic mass is 10.0. The van der Waals surface area contributed by atoms with Crippen molar-refractivity contribution in [2.75, 3.05) is 6.67 Å². The van der Waals surface area contributed by atoms with E-state index in [0.29, 0.717) is 5.02 Å². The number of hydrogen-bond acceptors (Lipinski definition) is 0. The molecular formula is C10H12ClF. The second kappa shape index (κ2) is 3.90. The molecule has 1 unspecified atom stereocenters. The molecule has 0 fully saturated rings. The molecule has 0 aliphatic heterocycles. The summed E-state index contributed by atoms with van der Waals surface area (Å²) in [7, 11) is 0. The first-order valence-corrected chi connectivity index (χ1v) is 4.35. The van der Waals surface area contributed by atoms with Gasteiger partial charge in [-0.2, -0.15) is 0 Å². The van der Waals surface area contributed by atoms with Crippen molar-refractivity contribution in [2.45, 2.75) is 19.8 Å². The van der Waals surface area contributed by atoms with Gasteiger partial charge in [0, 0.05) is 10.9 Å². The maximum atomic E-state index is 12.3. The monoisotopic (exact) mass is 186 g/mol. The van der Waals surface area contributed by atoms with Crippen molar-refractivity contribution < 1.29 is 4.39 Å². The summed E-state index contributed by atoms with van der Waals surface area (Å²) < 4.78 is 12.3. The molecule has 0 heterocycles. The van der Waals surface area contributed by atoms with Crippen LogP contribution in [0.3, 0.4) is 0 Å². The summed E-state index contributed by atoms with van der Waals surface area (Å²) in [5, 5.41) is 0.716. The third-order valence-corrected chi connectivity index (χ3v) is 2.40. The molecule has 0 bridgehead atoms. The SMILES string of the molecule is Cc1ccc(C(C)CF)cc1Cl. The Morgan fingerprint density at radius 2 is 2.17 bits per heavy atom. The second-order valence-corrected chi connectivity index (χ2v) is 3.47. The fourth-order valence-corrected chi connectivity index (χ4v) is 1.19. The molecule has 0 amide bonds. The molecule has 0 saturated carbocycles. The van der Waals surface area contributed by atoms with E-state index in [4.69, 9.17) is 11.6 Å². The minimum Gasteiger partial charge on any atom is -0.250 e. The van der Waals surface area contributed by atoms with Crippen molar-refractivity contribution in [2.24, 2.45) is 0 Å². The lowest BCUT2D eigenvalue weighted by Crippen LogP contribution is -1.95. The maximum Gasteiger partial charge on any atom is 0.0960 e. The minimum atomic E-state index is -0.334. The fourth-order valence-electron chi connectivity index (χ4n) is 1.00. The molecule has 0 saturated heterocycles. The molecule has 0 aliphatic carbocycles. The summed E-state index contributed by atoms with van der Waals surface area (Å²) >= 11 is 5.89. The van der Waals surface area contributed by atoms with Crippen molar-refractivity contribution in [3.8, 4) is 0 Å². The summed E-state index contributed by atoms with van der Waals surface area (Å²) in [5.41, 5.74) is 2.00. The van der Waals surface area contributed by atoms with Crippen LogP contribution in [0.4, 0.5) is 4.39 Å². The predicted octanol–water partition coefficient (Wildman–Crippen LogP) is 3.72. The van der Waals surface area contributed by atoms with E-state index in [0.717, 1.165) is 11.1 Å². The fraction of sp³-hybridized carbons (Fsp3) is 0.400. The van der Waals surface area contributed by atoms with Gasteiger partial charge in [-0.15, -0.1) is 0 Å². The molecule has 0 spiro atoms. The number of benzene rings is 1. The molecule has 0 radical (unpaired) electrons. The van der Waals surface area contributed by atoms with Gasteiger partial charge in [0.2, 0.25) is 0 Å². The van der Waals surface area contributed by atoms with Gasteiger partial charge in [-0.25, -0.2) is 0 Å². The van der Waals surface area contributed by atoms with Crippen LogP contribution in [-0.4, -0.2) is 6.67 Å². The molecular weight excluding hydrogens is 175 g/mol. The second-order valence-electron chi connectivity index (χ2n) is 3.06. The van der Waals surface area contributed by atoms with E-state index < -0.39 is 0 Å². The van der Waals surface area contributed by atoms with E-state index in [1.54, 1.807) is 0 Å². The highest BCUT2D eigenvalue weighted by atomic mass is 35.5. The van der Waals surface area contributed by atoms with Crippen LogP contribution >= 0.6 is 11.6 Å². The maximum absolute atomic E-state index is 12.3. The third kappa shape index (κ3) is 1.98. The molecule has 1 rings (SSSR count). The molecule has 12 heavy (non-hydrogen) atoms. The van der Waals surface area contributed by atoms with E-state index in [1.807, 2.05) is 32.0 Å². The van der Waals surface area contributed by atoms with Gasteiger partial charge in [0.15, 0.2) is 0 Å². The van der Waals surface area contributed by atoms with Crippen LogP contribution in [0, 0.1) is 6.92 Å². The van der Waals surface area contributed by atoms with Crippen molar-refractivity contribution in [3.05, 3.63) is 34.3 Å². The molecule has 1 aromatic carbocycles. The lowest BCUT2D eigenvalue weighted by molar-refractivity contribution is 0.447. The first-order chi connectivity index (χ1) is 5.65. The standard InChI is InChI=1S/C10H12ClF/c1-7-3-4-9(5-10(7)11)8(2)6-12/h3-5,8H,6H2,1-2H3. The Kier molecular flexibility index (Phi) is 3.10. The topological polar surface area (TPSA) is 0 Å². The zero-order valence-corrected chi connectivity index (χ0v) is 8.03. The average Bonchev–Trinajstić information content (AvgIpc) is 2.08. The van der Waals surface area contributed by atoms with Gasteiger partial charge >= 0.3 is 0 Å². The lowest BCUT2D eigenvalue weighted by Gasteiger charge is -2.08. The predicted molar refractivity (Wildman–Crippen MR) is 50.6 cm³/mol. The van der Waals surface area contributed by atoms with Gasteiger partial charge in [0.25, 0.3) is 0 Å². The highest BCUT2D eigenvalue weighted by Crippen LogP contribution is 2.22.